The average Bonchev–Trinajstić information content (AvgIpc) is 3.38. The highest BCUT2D eigenvalue weighted by Gasteiger charge is 2.31. The van der Waals surface area contributed by atoms with E-state index in [-0.39, 0.29) is 19.3 Å². The number of aliphatic carboxylic acids is 1. The van der Waals surface area contributed by atoms with Crippen LogP contribution in [0.15, 0.2) is 42.9 Å². The van der Waals surface area contributed by atoms with Gasteiger partial charge >= 0.3 is 5.97 Å². The second-order valence-electron chi connectivity index (χ2n) is 8.54. The van der Waals surface area contributed by atoms with Crippen LogP contribution in [0, 0.1) is 0 Å². The van der Waals surface area contributed by atoms with E-state index in [4.69, 9.17) is 5.73 Å². The lowest BCUT2D eigenvalue weighted by Gasteiger charge is -2.25. The number of thioether (sulfide) groups is 1. The van der Waals surface area contributed by atoms with Crippen molar-refractivity contribution in [1.29, 1.82) is 0 Å². The zero-order valence-electron chi connectivity index (χ0n) is 20.7. The minimum Gasteiger partial charge on any atom is -0.480 e. The number of nitrogens with zero attached hydrogens (tertiary/aromatic N) is 1. The number of rotatable bonds is 15. The molecule has 0 aliphatic carbocycles. The first-order chi connectivity index (χ1) is 17.6. The molecule has 13 heteroatoms. The van der Waals surface area contributed by atoms with Crippen LogP contribution in [0.5, 0.6) is 0 Å². The number of aromatic nitrogens is 2. The van der Waals surface area contributed by atoms with E-state index < -0.39 is 54.0 Å². The van der Waals surface area contributed by atoms with Crippen LogP contribution in [0.1, 0.15) is 24.6 Å². The van der Waals surface area contributed by atoms with Gasteiger partial charge in [0, 0.05) is 24.7 Å². The first-order valence-corrected chi connectivity index (χ1v) is 13.1. The van der Waals surface area contributed by atoms with Crippen LogP contribution in [-0.2, 0) is 32.0 Å². The van der Waals surface area contributed by atoms with Crippen molar-refractivity contribution in [3.63, 3.8) is 0 Å². The number of aliphatic hydroxyl groups excluding tert-OH is 1. The molecule has 0 spiro atoms. The number of H-pyrrole nitrogens is 1. The molecule has 12 nitrogen and oxygen atoms in total. The van der Waals surface area contributed by atoms with Crippen LogP contribution in [0.25, 0.3) is 0 Å². The van der Waals surface area contributed by atoms with Crippen molar-refractivity contribution in [3.05, 3.63) is 54.1 Å². The molecule has 0 radical (unpaired) electrons. The summed E-state index contributed by atoms with van der Waals surface area (Å²) < 4.78 is 0. The topological polar surface area (TPSA) is 200 Å². The number of nitrogens with one attached hydrogen (secondary N) is 4. The first-order valence-electron chi connectivity index (χ1n) is 11.7. The van der Waals surface area contributed by atoms with Crippen molar-refractivity contribution < 1.29 is 29.4 Å². The van der Waals surface area contributed by atoms with E-state index in [1.54, 1.807) is 30.3 Å². The molecule has 3 amide bonds. The molecular formula is C24H34N6O6S. The summed E-state index contributed by atoms with van der Waals surface area (Å²) in [6, 6.07) is 4.19. The molecule has 0 fully saturated rings. The highest BCUT2D eigenvalue weighted by Crippen LogP contribution is 2.07. The van der Waals surface area contributed by atoms with Gasteiger partial charge in [0.15, 0.2) is 0 Å². The Hall–Kier alpha value is -3.42. The summed E-state index contributed by atoms with van der Waals surface area (Å²) in [5.41, 5.74) is 6.95. The fourth-order valence-electron chi connectivity index (χ4n) is 3.41. The Labute approximate surface area is 219 Å². The summed E-state index contributed by atoms with van der Waals surface area (Å²) in [5.74, 6) is -2.75. The number of aliphatic hydroxyl groups is 1. The van der Waals surface area contributed by atoms with Crippen LogP contribution >= 0.6 is 11.8 Å². The number of carboxylic acids is 1. The molecular weight excluding hydrogens is 500 g/mol. The lowest BCUT2D eigenvalue weighted by molar-refractivity contribution is -0.142. The second kappa shape index (κ2) is 15.0. The molecule has 5 unspecified atom stereocenters. The Balaban J connectivity index is 2.20. The minimum atomic E-state index is -1.23. The molecule has 1 aromatic heterocycles. The fourth-order valence-corrected chi connectivity index (χ4v) is 3.88. The van der Waals surface area contributed by atoms with E-state index in [0.717, 1.165) is 5.56 Å². The third kappa shape index (κ3) is 9.86. The second-order valence-corrected chi connectivity index (χ2v) is 9.53. The summed E-state index contributed by atoms with van der Waals surface area (Å²) in [6.45, 7) is 1.36. The average molecular weight is 535 g/mol. The van der Waals surface area contributed by atoms with Gasteiger partial charge in [-0.1, -0.05) is 30.3 Å². The molecule has 0 saturated carbocycles. The van der Waals surface area contributed by atoms with Gasteiger partial charge in [0.1, 0.15) is 24.2 Å². The molecule has 5 atom stereocenters. The standard InChI is InChI=1S/C24H34N6O6S/c1-14(31)20(25)23(34)28-17(8-9-37-2)21(32)29-18(11-16-12-26-13-27-16)22(33)30-19(24(35)36)10-15-6-4-3-5-7-15/h3-7,12-14,17-20,31H,8-11,25H2,1-2H3,(H,26,27)(H,28,34)(H,29,32)(H,30,33)(H,35,36). The van der Waals surface area contributed by atoms with Gasteiger partial charge in [0.2, 0.25) is 17.7 Å². The highest BCUT2D eigenvalue weighted by atomic mass is 32.2. The quantitative estimate of drug-likeness (QED) is 0.153. The summed E-state index contributed by atoms with van der Waals surface area (Å²) in [7, 11) is 0. The monoisotopic (exact) mass is 534 g/mol. The van der Waals surface area contributed by atoms with Crippen LogP contribution in [0.3, 0.4) is 0 Å². The fraction of sp³-hybridized carbons (Fsp3) is 0.458. The third-order valence-electron chi connectivity index (χ3n) is 5.58. The molecule has 1 heterocycles. The van der Waals surface area contributed by atoms with E-state index in [1.165, 1.54) is 31.2 Å². The number of carboxylic acid groups (broad SMARTS) is 1. The van der Waals surface area contributed by atoms with Gasteiger partial charge < -0.3 is 36.9 Å². The molecule has 0 aliphatic heterocycles. The Morgan fingerprint density at radius 1 is 1.00 bits per heavy atom. The number of hydrogen-bond donors (Lipinski definition) is 7. The number of imidazole rings is 1. The van der Waals surface area contributed by atoms with Crippen molar-refractivity contribution in [2.45, 2.75) is 56.5 Å². The van der Waals surface area contributed by atoms with Gasteiger partial charge in [-0.25, -0.2) is 9.78 Å². The van der Waals surface area contributed by atoms with Crippen molar-refractivity contribution >= 4 is 35.5 Å². The van der Waals surface area contributed by atoms with Crippen molar-refractivity contribution in [1.82, 2.24) is 25.9 Å². The zero-order chi connectivity index (χ0) is 27.4. The molecule has 0 saturated heterocycles. The molecule has 1 aromatic carbocycles. The van der Waals surface area contributed by atoms with Crippen molar-refractivity contribution in [2.24, 2.45) is 5.73 Å². The van der Waals surface area contributed by atoms with Gasteiger partial charge in [0.05, 0.1) is 12.4 Å². The summed E-state index contributed by atoms with van der Waals surface area (Å²) in [4.78, 5) is 57.4. The molecule has 8 N–H and O–H groups in total. The maximum Gasteiger partial charge on any atom is 0.326 e. The van der Waals surface area contributed by atoms with E-state index in [9.17, 15) is 29.4 Å². The Kier molecular flexibility index (Phi) is 12.1. The van der Waals surface area contributed by atoms with Crippen molar-refractivity contribution in [3.8, 4) is 0 Å². The first kappa shape index (κ1) is 29.8. The summed E-state index contributed by atoms with van der Waals surface area (Å²) >= 11 is 1.46. The molecule has 0 bridgehead atoms. The number of benzene rings is 1. The molecule has 0 aliphatic rings. The Morgan fingerprint density at radius 2 is 1.62 bits per heavy atom. The highest BCUT2D eigenvalue weighted by molar-refractivity contribution is 7.98. The number of hydrogen-bond acceptors (Lipinski definition) is 8. The van der Waals surface area contributed by atoms with Crippen LogP contribution in [0.2, 0.25) is 0 Å². The van der Waals surface area contributed by atoms with Gasteiger partial charge in [-0.3, -0.25) is 14.4 Å². The predicted octanol–water partition coefficient (Wildman–Crippen LogP) is -0.805. The van der Waals surface area contributed by atoms with Gasteiger partial charge in [-0.05, 0) is 30.9 Å². The van der Waals surface area contributed by atoms with E-state index >= 15 is 0 Å². The van der Waals surface area contributed by atoms with Crippen LogP contribution in [0.4, 0.5) is 0 Å². The SMILES string of the molecule is CSCCC(NC(=O)C(N)C(C)O)C(=O)NC(Cc1cnc[nH]1)C(=O)NC(Cc1ccccc1)C(=O)O. The number of amides is 3. The number of carbonyl (C=O) groups is 4. The third-order valence-corrected chi connectivity index (χ3v) is 6.22. The van der Waals surface area contributed by atoms with Gasteiger partial charge in [0.25, 0.3) is 0 Å². The lowest BCUT2D eigenvalue weighted by atomic mass is 10.0. The Bertz CT molecular complexity index is 1020. The van der Waals surface area contributed by atoms with E-state index in [1.807, 2.05) is 6.26 Å². The summed E-state index contributed by atoms with van der Waals surface area (Å²) in [5, 5.41) is 27.0. The summed E-state index contributed by atoms with van der Waals surface area (Å²) in [6.07, 6.45) is 3.92. The maximum absolute atomic E-state index is 13.2. The molecule has 37 heavy (non-hydrogen) atoms. The molecule has 202 valence electrons. The van der Waals surface area contributed by atoms with Crippen molar-refractivity contribution in [2.75, 3.05) is 12.0 Å². The lowest BCUT2D eigenvalue weighted by Crippen LogP contribution is -2.58. The number of nitrogens with two attached hydrogens (primary N) is 1. The maximum atomic E-state index is 13.2. The smallest absolute Gasteiger partial charge is 0.326 e. The minimum absolute atomic E-state index is 0.00559. The Morgan fingerprint density at radius 3 is 2.19 bits per heavy atom. The number of carbonyl (C=O) groups excluding carboxylic acids is 3. The molecule has 2 rings (SSSR count). The predicted molar refractivity (Wildman–Crippen MR) is 139 cm³/mol. The van der Waals surface area contributed by atoms with Gasteiger partial charge in [-0.2, -0.15) is 11.8 Å². The van der Waals surface area contributed by atoms with E-state index in [2.05, 4.69) is 25.9 Å². The largest absolute Gasteiger partial charge is 0.480 e. The van der Waals surface area contributed by atoms with Crippen LogP contribution in [-0.4, -0.2) is 86.2 Å². The molecule has 2 aromatic rings. The normalized spacial score (nSPS) is 15.0. The van der Waals surface area contributed by atoms with E-state index in [0.29, 0.717) is 11.4 Å². The van der Waals surface area contributed by atoms with Gasteiger partial charge in [-0.15, -0.1) is 0 Å². The van der Waals surface area contributed by atoms with Crippen LogP contribution < -0.4 is 21.7 Å². The zero-order valence-corrected chi connectivity index (χ0v) is 21.5. The number of aromatic amines is 1.